The van der Waals surface area contributed by atoms with E-state index in [9.17, 15) is 9.59 Å². The van der Waals surface area contributed by atoms with Crippen molar-refractivity contribution in [2.45, 2.75) is 64.5 Å². The number of hydrogen-bond acceptors (Lipinski definition) is 2. The number of nitrogens with one attached hydrogen (secondary N) is 4. The van der Waals surface area contributed by atoms with Crippen molar-refractivity contribution in [3.63, 3.8) is 0 Å². The van der Waals surface area contributed by atoms with Crippen molar-refractivity contribution >= 4 is 12.1 Å². The number of amides is 4. The first kappa shape index (κ1) is 16.6. The van der Waals surface area contributed by atoms with Gasteiger partial charge >= 0.3 is 12.1 Å². The molecule has 0 atom stereocenters. The maximum atomic E-state index is 11.5. The molecule has 4 amide bonds. The van der Waals surface area contributed by atoms with Gasteiger partial charge in [0.15, 0.2) is 0 Å². The summed E-state index contributed by atoms with van der Waals surface area (Å²) in [5.41, 5.74) is 0. The van der Waals surface area contributed by atoms with Crippen molar-refractivity contribution in [2.75, 3.05) is 13.1 Å². The smallest absolute Gasteiger partial charge is 0.315 e. The third-order valence-electron chi connectivity index (χ3n) is 3.47. The fourth-order valence-electron chi connectivity index (χ4n) is 2.33. The van der Waals surface area contributed by atoms with Crippen LogP contribution in [0.3, 0.4) is 0 Å². The van der Waals surface area contributed by atoms with Crippen LogP contribution in [0.5, 0.6) is 0 Å². The van der Waals surface area contributed by atoms with Gasteiger partial charge in [0.2, 0.25) is 0 Å². The summed E-state index contributed by atoms with van der Waals surface area (Å²) in [7, 11) is 0. The summed E-state index contributed by atoms with van der Waals surface area (Å²) >= 11 is 0. The van der Waals surface area contributed by atoms with E-state index in [2.05, 4.69) is 21.3 Å². The fraction of sp³-hybridized carbons (Fsp3) is 0.857. The minimum absolute atomic E-state index is 0.0797. The highest BCUT2D eigenvalue weighted by Crippen LogP contribution is 2.18. The topological polar surface area (TPSA) is 82.3 Å². The highest BCUT2D eigenvalue weighted by molar-refractivity contribution is 5.74. The maximum Gasteiger partial charge on any atom is 0.315 e. The van der Waals surface area contributed by atoms with Crippen LogP contribution in [0, 0.1) is 0 Å². The van der Waals surface area contributed by atoms with Gasteiger partial charge in [-0.15, -0.1) is 0 Å². The average molecular weight is 284 g/mol. The van der Waals surface area contributed by atoms with Crippen molar-refractivity contribution in [1.29, 1.82) is 0 Å². The summed E-state index contributed by atoms with van der Waals surface area (Å²) in [6.45, 7) is 5.47. The normalized spacial score (nSPS) is 21.9. The zero-order valence-corrected chi connectivity index (χ0v) is 12.6. The molecule has 1 fully saturated rings. The van der Waals surface area contributed by atoms with E-state index in [1.165, 1.54) is 0 Å². The van der Waals surface area contributed by atoms with E-state index in [-0.39, 0.29) is 24.1 Å². The summed E-state index contributed by atoms with van der Waals surface area (Å²) < 4.78 is 0. The van der Waals surface area contributed by atoms with Gasteiger partial charge in [0.25, 0.3) is 0 Å². The second-order valence-corrected chi connectivity index (χ2v) is 5.35. The molecular formula is C14H28N4O2. The van der Waals surface area contributed by atoms with Crippen LogP contribution in [0.15, 0.2) is 0 Å². The number of hydrogen-bond donors (Lipinski definition) is 4. The van der Waals surface area contributed by atoms with Gasteiger partial charge in [-0.05, 0) is 38.5 Å². The molecule has 6 heteroatoms. The Bertz CT molecular complexity index is 272. The highest BCUT2D eigenvalue weighted by atomic mass is 16.2. The van der Waals surface area contributed by atoms with Crippen LogP contribution in [0.4, 0.5) is 9.59 Å². The van der Waals surface area contributed by atoms with Gasteiger partial charge in [-0.25, -0.2) is 9.59 Å². The number of carbonyl (C=O) groups is 2. The molecule has 4 N–H and O–H groups in total. The summed E-state index contributed by atoms with van der Waals surface area (Å²) in [4.78, 5) is 23.1. The van der Waals surface area contributed by atoms with Gasteiger partial charge in [-0.3, -0.25) is 0 Å². The quantitative estimate of drug-likeness (QED) is 0.599. The molecule has 1 aliphatic carbocycles. The molecular weight excluding hydrogens is 256 g/mol. The van der Waals surface area contributed by atoms with Crippen LogP contribution < -0.4 is 21.3 Å². The van der Waals surface area contributed by atoms with Gasteiger partial charge in [-0.2, -0.15) is 0 Å². The molecule has 6 nitrogen and oxygen atoms in total. The van der Waals surface area contributed by atoms with Crippen molar-refractivity contribution in [1.82, 2.24) is 21.3 Å². The SMILES string of the molecule is CCCNC(=O)N[C@H]1CC[C@H](NC(=O)NCCC)CC1. The fourth-order valence-corrected chi connectivity index (χ4v) is 2.33. The molecule has 0 aromatic rings. The lowest BCUT2D eigenvalue weighted by Crippen LogP contribution is -2.48. The van der Waals surface area contributed by atoms with Crippen molar-refractivity contribution < 1.29 is 9.59 Å². The second kappa shape index (κ2) is 9.44. The molecule has 0 bridgehead atoms. The second-order valence-electron chi connectivity index (χ2n) is 5.35. The monoisotopic (exact) mass is 284 g/mol. The Morgan fingerprint density at radius 2 is 1.15 bits per heavy atom. The Morgan fingerprint density at radius 3 is 1.45 bits per heavy atom. The van der Waals surface area contributed by atoms with Crippen molar-refractivity contribution in [3.8, 4) is 0 Å². The standard InChI is InChI=1S/C14H28N4O2/c1-3-9-15-13(19)17-11-5-7-12(8-6-11)18-14(20)16-10-4-2/h11-12H,3-10H2,1-2H3,(H2,15,17,19)(H2,16,18,20)/t11-,12-. The summed E-state index contributed by atoms with van der Waals surface area (Å²) in [5.74, 6) is 0. The lowest BCUT2D eigenvalue weighted by atomic mass is 9.91. The molecule has 1 rings (SSSR count). The van der Waals surface area contributed by atoms with Gasteiger partial charge in [0.1, 0.15) is 0 Å². The predicted molar refractivity (Wildman–Crippen MR) is 79.7 cm³/mol. The minimum atomic E-state index is -0.0797. The number of urea groups is 2. The first-order valence-electron chi connectivity index (χ1n) is 7.74. The van der Waals surface area contributed by atoms with E-state index < -0.39 is 0 Å². The van der Waals surface area contributed by atoms with Crippen molar-refractivity contribution in [3.05, 3.63) is 0 Å². The molecule has 1 aliphatic rings. The van der Waals surface area contributed by atoms with E-state index >= 15 is 0 Å². The zero-order chi connectivity index (χ0) is 14.8. The Labute approximate surface area is 121 Å². The molecule has 0 aromatic carbocycles. The third-order valence-corrected chi connectivity index (χ3v) is 3.47. The van der Waals surface area contributed by atoms with Gasteiger partial charge in [-0.1, -0.05) is 13.8 Å². The highest BCUT2D eigenvalue weighted by Gasteiger charge is 2.23. The third kappa shape index (κ3) is 6.63. The zero-order valence-electron chi connectivity index (χ0n) is 12.6. The van der Waals surface area contributed by atoms with Crippen LogP contribution in [0.25, 0.3) is 0 Å². The Balaban J connectivity index is 2.16. The number of rotatable bonds is 6. The Hall–Kier alpha value is -1.46. The average Bonchev–Trinajstić information content (AvgIpc) is 2.45. The van der Waals surface area contributed by atoms with Crippen LogP contribution in [-0.2, 0) is 0 Å². The molecule has 20 heavy (non-hydrogen) atoms. The lowest BCUT2D eigenvalue weighted by molar-refractivity contribution is 0.221. The van der Waals surface area contributed by atoms with E-state index in [0.29, 0.717) is 13.1 Å². The maximum absolute atomic E-state index is 11.5. The summed E-state index contributed by atoms with van der Waals surface area (Å²) in [5, 5.41) is 11.6. The van der Waals surface area contributed by atoms with Gasteiger partial charge in [0.05, 0.1) is 0 Å². The molecule has 0 spiro atoms. The van der Waals surface area contributed by atoms with Crippen LogP contribution in [0.1, 0.15) is 52.4 Å². The van der Waals surface area contributed by atoms with Crippen LogP contribution >= 0.6 is 0 Å². The first-order chi connectivity index (χ1) is 9.65. The van der Waals surface area contributed by atoms with Crippen molar-refractivity contribution in [2.24, 2.45) is 0 Å². The van der Waals surface area contributed by atoms with Crippen LogP contribution in [0.2, 0.25) is 0 Å². The minimum Gasteiger partial charge on any atom is -0.338 e. The van der Waals surface area contributed by atoms with Gasteiger partial charge < -0.3 is 21.3 Å². The first-order valence-corrected chi connectivity index (χ1v) is 7.74. The van der Waals surface area contributed by atoms with Crippen LogP contribution in [-0.4, -0.2) is 37.2 Å². The molecule has 0 aliphatic heterocycles. The van der Waals surface area contributed by atoms with E-state index in [1.807, 2.05) is 13.8 Å². The molecule has 0 saturated heterocycles. The Kier molecular flexibility index (Phi) is 7.84. The molecule has 0 unspecified atom stereocenters. The predicted octanol–water partition coefficient (Wildman–Crippen LogP) is 1.72. The largest absolute Gasteiger partial charge is 0.338 e. The molecule has 1 saturated carbocycles. The molecule has 0 heterocycles. The number of carbonyl (C=O) groups excluding carboxylic acids is 2. The van der Waals surface area contributed by atoms with E-state index in [1.54, 1.807) is 0 Å². The molecule has 116 valence electrons. The summed E-state index contributed by atoms with van der Waals surface area (Å²) in [6.07, 6.45) is 5.54. The summed E-state index contributed by atoms with van der Waals surface area (Å²) in [6, 6.07) is 0.292. The van der Waals surface area contributed by atoms with Gasteiger partial charge in [0, 0.05) is 25.2 Å². The van der Waals surface area contributed by atoms with E-state index in [4.69, 9.17) is 0 Å². The lowest BCUT2D eigenvalue weighted by Gasteiger charge is -2.29. The Morgan fingerprint density at radius 1 is 0.800 bits per heavy atom. The molecule has 0 radical (unpaired) electrons. The molecule has 0 aromatic heterocycles. The van der Waals surface area contributed by atoms with E-state index in [0.717, 1.165) is 38.5 Å².